The summed E-state index contributed by atoms with van der Waals surface area (Å²) in [5.41, 5.74) is 8.65. The number of rotatable bonds is 7. The van der Waals surface area contributed by atoms with Crippen molar-refractivity contribution >= 4 is 28.6 Å². The summed E-state index contributed by atoms with van der Waals surface area (Å²) < 4.78 is 6.96. The minimum absolute atomic E-state index is 0.190. The summed E-state index contributed by atoms with van der Waals surface area (Å²) in [5.74, 6) is 1.02. The van der Waals surface area contributed by atoms with Crippen LogP contribution in [0.4, 0.5) is 0 Å². The van der Waals surface area contributed by atoms with E-state index in [4.69, 9.17) is 15.6 Å². The Labute approximate surface area is 173 Å². The van der Waals surface area contributed by atoms with Gasteiger partial charge < -0.3 is 20.7 Å². The molecule has 0 aliphatic rings. The van der Waals surface area contributed by atoms with Gasteiger partial charge in [-0.1, -0.05) is 39.8 Å². The van der Waals surface area contributed by atoms with E-state index >= 15 is 0 Å². The quantitative estimate of drug-likeness (QED) is 0.483. The number of aliphatic carboxylic acids is 1. The number of halogens is 1. The first-order valence-electron chi connectivity index (χ1n) is 8.91. The van der Waals surface area contributed by atoms with Gasteiger partial charge in [0.2, 0.25) is 0 Å². The Balaban J connectivity index is 2.53. The van der Waals surface area contributed by atoms with Crippen molar-refractivity contribution in [3.8, 4) is 17.2 Å². The molecule has 1 atom stereocenters. The summed E-state index contributed by atoms with van der Waals surface area (Å²) in [7, 11) is 0. The highest BCUT2D eigenvalue weighted by atomic mass is 127. The Kier molecular flexibility index (Phi) is 7.11. The van der Waals surface area contributed by atoms with E-state index in [0.29, 0.717) is 9.32 Å². The summed E-state index contributed by atoms with van der Waals surface area (Å²) in [4.78, 5) is 11.1. The predicted octanol–water partition coefficient (Wildman–Crippen LogP) is 4.99. The maximum Gasteiger partial charge on any atom is 0.320 e. The maximum atomic E-state index is 11.1. The molecule has 0 aliphatic carbocycles. The van der Waals surface area contributed by atoms with Crippen LogP contribution in [0.2, 0.25) is 0 Å². The number of benzene rings is 2. The van der Waals surface area contributed by atoms with Crippen molar-refractivity contribution in [1.82, 2.24) is 0 Å². The van der Waals surface area contributed by atoms with Gasteiger partial charge in [0.05, 0.1) is 3.57 Å². The van der Waals surface area contributed by atoms with Crippen LogP contribution >= 0.6 is 22.6 Å². The van der Waals surface area contributed by atoms with E-state index < -0.39 is 12.0 Å². The molecule has 6 heteroatoms. The van der Waals surface area contributed by atoms with Crippen molar-refractivity contribution in [3.63, 3.8) is 0 Å². The van der Waals surface area contributed by atoms with Crippen LogP contribution in [-0.4, -0.2) is 22.2 Å². The molecule has 5 nitrogen and oxygen atoms in total. The van der Waals surface area contributed by atoms with Gasteiger partial charge in [0.25, 0.3) is 0 Å². The number of hydrogen-bond donors (Lipinski definition) is 3. The lowest BCUT2D eigenvalue weighted by Crippen LogP contribution is -2.32. The van der Waals surface area contributed by atoms with Crippen LogP contribution in [0.5, 0.6) is 17.2 Å². The summed E-state index contributed by atoms with van der Waals surface area (Å²) in [6, 6.07) is 8.18. The highest BCUT2D eigenvalue weighted by Crippen LogP contribution is 2.39. The van der Waals surface area contributed by atoms with E-state index in [-0.39, 0.29) is 24.0 Å². The molecule has 0 radical (unpaired) electrons. The molecule has 0 bridgehead atoms. The number of carbonyl (C=O) groups is 1. The van der Waals surface area contributed by atoms with Gasteiger partial charge in [0, 0.05) is 0 Å². The summed E-state index contributed by atoms with van der Waals surface area (Å²) in [6.45, 7) is 8.31. The number of carboxylic acids is 1. The summed E-state index contributed by atoms with van der Waals surface area (Å²) in [6.07, 6.45) is 0.270. The van der Waals surface area contributed by atoms with Gasteiger partial charge >= 0.3 is 5.97 Å². The molecule has 0 saturated carbocycles. The second kappa shape index (κ2) is 8.93. The molecular weight excluding hydrogens is 457 g/mol. The number of hydrogen-bond acceptors (Lipinski definition) is 4. The van der Waals surface area contributed by atoms with E-state index in [1.807, 2.05) is 12.1 Å². The SMILES string of the molecule is CC(C)c1cc(CC(N)C(=O)O)cc(C(C)C)c1Oc1ccc(O)c(I)c1. The molecule has 146 valence electrons. The Hall–Kier alpha value is -1.80. The molecule has 1 unspecified atom stereocenters. The standard InChI is InChI=1S/C21H26INO4/c1-11(2)15-7-13(9-18(23)21(25)26)8-16(12(3)4)20(15)27-14-5-6-19(24)17(22)10-14/h5-8,10-12,18,24H,9,23H2,1-4H3,(H,25,26). The fraction of sp³-hybridized carbons (Fsp3) is 0.381. The molecule has 2 aromatic rings. The van der Waals surface area contributed by atoms with E-state index in [9.17, 15) is 9.90 Å². The molecule has 2 aromatic carbocycles. The van der Waals surface area contributed by atoms with Gasteiger partial charge in [-0.3, -0.25) is 4.79 Å². The van der Waals surface area contributed by atoms with E-state index in [1.54, 1.807) is 18.2 Å². The fourth-order valence-corrected chi connectivity index (χ4v) is 3.33. The Morgan fingerprint density at radius 2 is 1.67 bits per heavy atom. The van der Waals surface area contributed by atoms with Gasteiger partial charge in [-0.25, -0.2) is 0 Å². The molecule has 0 fully saturated rings. The Bertz CT molecular complexity index is 804. The molecule has 0 saturated heterocycles. The topological polar surface area (TPSA) is 92.8 Å². The summed E-state index contributed by atoms with van der Waals surface area (Å²) in [5, 5.41) is 18.9. The molecule has 27 heavy (non-hydrogen) atoms. The molecular formula is C21H26INO4. The van der Waals surface area contributed by atoms with E-state index in [2.05, 4.69) is 50.3 Å². The van der Waals surface area contributed by atoms with Crippen LogP contribution in [0, 0.1) is 3.57 Å². The van der Waals surface area contributed by atoms with Crippen molar-refractivity contribution < 1.29 is 19.7 Å². The molecule has 0 amide bonds. The normalized spacial score (nSPS) is 12.4. The first-order valence-corrected chi connectivity index (χ1v) is 9.99. The Morgan fingerprint density at radius 1 is 1.11 bits per heavy atom. The lowest BCUT2D eigenvalue weighted by atomic mass is 9.89. The number of aromatic hydroxyl groups is 1. The predicted molar refractivity (Wildman–Crippen MR) is 115 cm³/mol. The third kappa shape index (κ3) is 5.35. The number of phenols is 1. The van der Waals surface area contributed by atoms with Crippen LogP contribution in [0.1, 0.15) is 56.2 Å². The molecule has 0 spiro atoms. The second-order valence-corrected chi connectivity index (χ2v) is 8.44. The van der Waals surface area contributed by atoms with E-state index in [1.165, 1.54) is 0 Å². The van der Waals surface area contributed by atoms with Crippen molar-refractivity contribution in [2.75, 3.05) is 0 Å². The largest absolute Gasteiger partial charge is 0.507 e. The highest BCUT2D eigenvalue weighted by molar-refractivity contribution is 14.1. The van der Waals surface area contributed by atoms with Gasteiger partial charge in [-0.2, -0.15) is 0 Å². The summed E-state index contributed by atoms with van der Waals surface area (Å²) >= 11 is 2.06. The van der Waals surface area contributed by atoms with Crippen LogP contribution in [0.25, 0.3) is 0 Å². The van der Waals surface area contributed by atoms with Crippen molar-refractivity contribution in [1.29, 1.82) is 0 Å². The van der Waals surface area contributed by atoms with Gasteiger partial charge in [0.1, 0.15) is 23.3 Å². The minimum atomic E-state index is -1.01. The van der Waals surface area contributed by atoms with Crippen molar-refractivity contribution in [2.45, 2.75) is 52.0 Å². The lowest BCUT2D eigenvalue weighted by molar-refractivity contribution is -0.138. The van der Waals surface area contributed by atoms with Crippen LogP contribution in [-0.2, 0) is 11.2 Å². The average molecular weight is 483 g/mol. The third-order valence-corrected chi connectivity index (χ3v) is 5.23. The zero-order valence-electron chi connectivity index (χ0n) is 16.0. The maximum absolute atomic E-state index is 11.1. The number of ether oxygens (including phenoxy) is 1. The molecule has 0 heterocycles. The Morgan fingerprint density at radius 3 is 2.11 bits per heavy atom. The van der Waals surface area contributed by atoms with Crippen molar-refractivity contribution in [3.05, 3.63) is 50.6 Å². The average Bonchev–Trinajstić information content (AvgIpc) is 2.58. The zero-order chi connectivity index (χ0) is 20.3. The van der Waals surface area contributed by atoms with Crippen molar-refractivity contribution in [2.24, 2.45) is 5.73 Å². The fourth-order valence-electron chi connectivity index (χ4n) is 2.84. The smallest absolute Gasteiger partial charge is 0.320 e. The monoisotopic (exact) mass is 483 g/mol. The van der Waals surface area contributed by atoms with Gasteiger partial charge in [-0.15, -0.1) is 0 Å². The van der Waals surface area contributed by atoms with Crippen LogP contribution in [0.3, 0.4) is 0 Å². The zero-order valence-corrected chi connectivity index (χ0v) is 18.1. The molecule has 4 N–H and O–H groups in total. The number of phenolic OH excluding ortho intramolecular Hbond substituents is 1. The lowest BCUT2D eigenvalue weighted by Gasteiger charge is -2.22. The first kappa shape index (κ1) is 21.5. The highest BCUT2D eigenvalue weighted by Gasteiger charge is 2.20. The first-order chi connectivity index (χ1) is 12.6. The second-order valence-electron chi connectivity index (χ2n) is 7.28. The van der Waals surface area contributed by atoms with Crippen LogP contribution < -0.4 is 10.5 Å². The van der Waals surface area contributed by atoms with Gasteiger partial charge in [0.15, 0.2) is 0 Å². The molecule has 0 aliphatic heterocycles. The molecule has 2 rings (SSSR count). The van der Waals surface area contributed by atoms with Gasteiger partial charge in [-0.05, 0) is 75.7 Å². The van der Waals surface area contributed by atoms with Crippen LogP contribution in [0.15, 0.2) is 30.3 Å². The number of nitrogens with two attached hydrogens (primary N) is 1. The minimum Gasteiger partial charge on any atom is -0.507 e. The third-order valence-electron chi connectivity index (χ3n) is 4.36. The number of carboxylic acid groups (broad SMARTS) is 1. The van der Waals surface area contributed by atoms with E-state index in [0.717, 1.165) is 22.4 Å². The molecule has 0 aromatic heterocycles.